The van der Waals surface area contributed by atoms with Crippen LogP contribution in [-0.4, -0.2) is 40.5 Å². The third-order valence-corrected chi connectivity index (χ3v) is 3.33. The van der Waals surface area contributed by atoms with Crippen LogP contribution in [0.4, 0.5) is 0 Å². The molecule has 1 heterocycles. The molecule has 0 aromatic rings. The molecule has 0 spiro atoms. The van der Waals surface area contributed by atoms with Crippen LogP contribution in [0.1, 0.15) is 19.3 Å². The molecule has 1 aliphatic rings. The van der Waals surface area contributed by atoms with Crippen molar-refractivity contribution in [3.63, 3.8) is 0 Å². The van der Waals surface area contributed by atoms with Crippen molar-refractivity contribution in [1.29, 1.82) is 0 Å². The molecule has 5 nitrogen and oxygen atoms in total. The monoisotopic (exact) mass is 236 g/mol. The Hall–Kier alpha value is -0.170. The Morgan fingerprint density at radius 3 is 2.87 bits per heavy atom. The van der Waals surface area contributed by atoms with Crippen LogP contribution in [0.25, 0.3) is 0 Å². The molecule has 90 valence electrons. The van der Waals surface area contributed by atoms with Crippen molar-refractivity contribution < 1.29 is 13.2 Å². The fourth-order valence-corrected chi connectivity index (χ4v) is 2.22. The lowest BCUT2D eigenvalue weighted by Gasteiger charge is -2.22. The summed E-state index contributed by atoms with van der Waals surface area (Å²) in [6.45, 7) is 3.31. The van der Waals surface area contributed by atoms with Gasteiger partial charge in [-0.05, 0) is 31.7 Å². The van der Waals surface area contributed by atoms with E-state index in [9.17, 15) is 8.42 Å². The van der Waals surface area contributed by atoms with E-state index in [0.717, 1.165) is 26.2 Å². The van der Waals surface area contributed by atoms with E-state index in [2.05, 4.69) is 5.32 Å². The summed E-state index contributed by atoms with van der Waals surface area (Å²) in [6.07, 6.45) is 2.90. The highest BCUT2D eigenvalue weighted by atomic mass is 32.2. The fourth-order valence-electron chi connectivity index (χ4n) is 1.67. The highest BCUT2D eigenvalue weighted by Gasteiger charge is 2.12. The van der Waals surface area contributed by atoms with E-state index in [4.69, 9.17) is 9.88 Å². The van der Waals surface area contributed by atoms with Gasteiger partial charge in [-0.1, -0.05) is 0 Å². The molecule has 1 rings (SSSR count). The molecular weight excluding hydrogens is 216 g/mol. The lowest BCUT2D eigenvalue weighted by atomic mass is 10.0. The van der Waals surface area contributed by atoms with Crippen LogP contribution in [0.5, 0.6) is 0 Å². The van der Waals surface area contributed by atoms with Crippen LogP contribution in [0.15, 0.2) is 0 Å². The van der Waals surface area contributed by atoms with E-state index in [1.54, 1.807) is 0 Å². The second-order valence-corrected chi connectivity index (χ2v) is 5.74. The van der Waals surface area contributed by atoms with Gasteiger partial charge < -0.3 is 10.1 Å². The highest BCUT2D eigenvalue weighted by molar-refractivity contribution is 7.89. The fraction of sp³-hybridized carbons (Fsp3) is 1.00. The van der Waals surface area contributed by atoms with E-state index in [1.807, 2.05) is 0 Å². The van der Waals surface area contributed by atoms with Gasteiger partial charge in [0.1, 0.15) is 0 Å². The van der Waals surface area contributed by atoms with Crippen molar-refractivity contribution in [2.75, 3.05) is 32.1 Å². The lowest BCUT2D eigenvalue weighted by molar-refractivity contribution is 0.0549. The largest absolute Gasteiger partial charge is 0.381 e. The molecule has 1 unspecified atom stereocenters. The first-order chi connectivity index (χ1) is 7.08. The first-order valence-corrected chi connectivity index (χ1v) is 7.08. The van der Waals surface area contributed by atoms with Crippen LogP contribution in [0, 0.1) is 5.92 Å². The molecule has 1 aliphatic heterocycles. The zero-order valence-electron chi connectivity index (χ0n) is 8.94. The van der Waals surface area contributed by atoms with Crippen LogP contribution >= 0.6 is 0 Å². The third kappa shape index (κ3) is 6.83. The Labute approximate surface area is 91.4 Å². The number of hydrogen-bond acceptors (Lipinski definition) is 4. The topological polar surface area (TPSA) is 81.4 Å². The Bertz CT molecular complexity index is 261. The van der Waals surface area contributed by atoms with Gasteiger partial charge in [0.2, 0.25) is 10.0 Å². The molecule has 0 aromatic heterocycles. The molecule has 0 aliphatic carbocycles. The maximum atomic E-state index is 10.6. The summed E-state index contributed by atoms with van der Waals surface area (Å²) in [7, 11) is -3.29. The van der Waals surface area contributed by atoms with E-state index in [1.165, 1.54) is 6.42 Å². The van der Waals surface area contributed by atoms with Crippen molar-refractivity contribution in [2.45, 2.75) is 19.3 Å². The van der Waals surface area contributed by atoms with E-state index >= 15 is 0 Å². The summed E-state index contributed by atoms with van der Waals surface area (Å²) >= 11 is 0. The molecule has 0 radical (unpaired) electrons. The average Bonchev–Trinajstić information content (AvgIpc) is 2.17. The standard InChI is InChI=1S/C9H20N2O3S/c10-15(12,13)6-2-4-11-7-9-3-1-5-14-8-9/h9,11H,1-8H2,(H2,10,12,13). The second kappa shape index (κ2) is 6.42. The van der Waals surface area contributed by atoms with Gasteiger partial charge in [0, 0.05) is 13.2 Å². The SMILES string of the molecule is NS(=O)(=O)CCCNCC1CCCOC1. The third-order valence-electron chi connectivity index (χ3n) is 2.47. The predicted octanol–water partition coefficient (Wildman–Crippen LogP) is -0.319. The summed E-state index contributed by atoms with van der Waals surface area (Å²) in [4.78, 5) is 0. The normalized spacial score (nSPS) is 22.9. The Kier molecular flexibility index (Phi) is 5.52. The summed E-state index contributed by atoms with van der Waals surface area (Å²) < 4.78 is 26.6. The summed E-state index contributed by atoms with van der Waals surface area (Å²) in [5.74, 6) is 0.634. The van der Waals surface area contributed by atoms with Gasteiger partial charge >= 0.3 is 0 Å². The van der Waals surface area contributed by atoms with Gasteiger partial charge in [-0.3, -0.25) is 0 Å². The summed E-state index contributed by atoms with van der Waals surface area (Å²) in [5.41, 5.74) is 0. The molecule has 1 saturated heterocycles. The van der Waals surface area contributed by atoms with Crippen molar-refractivity contribution >= 4 is 10.0 Å². The zero-order valence-corrected chi connectivity index (χ0v) is 9.76. The van der Waals surface area contributed by atoms with Crippen LogP contribution < -0.4 is 10.5 Å². The average molecular weight is 236 g/mol. The van der Waals surface area contributed by atoms with E-state index in [0.29, 0.717) is 18.9 Å². The van der Waals surface area contributed by atoms with Crippen LogP contribution in [0.3, 0.4) is 0 Å². The first-order valence-electron chi connectivity index (χ1n) is 5.37. The van der Waals surface area contributed by atoms with Gasteiger partial charge in [-0.2, -0.15) is 0 Å². The van der Waals surface area contributed by atoms with Gasteiger partial charge in [0.25, 0.3) is 0 Å². The van der Waals surface area contributed by atoms with Crippen LogP contribution in [0.2, 0.25) is 0 Å². The number of sulfonamides is 1. The van der Waals surface area contributed by atoms with E-state index in [-0.39, 0.29) is 5.75 Å². The minimum absolute atomic E-state index is 0.0567. The van der Waals surface area contributed by atoms with Crippen molar-refractivity contribution in [1.82, 2.24) is 5.32 Å². The van der Waals surface area contributed by atoms with E-state index < -0.39 is 10.0 Å². The molecule has 1 atom stereocenters. The minimum Gasteiger partial charge on any atom is -0.381 e. The molecule has 6 heteroatoms. The molecule has 0 saturated carbocycles. The molecule has 0 amide bonds. The molecular formula is C9H20N2O3S. The Morgan fingerprint density at radius 1 is 1.47 bits per heavy atom. The second-order valence-electron chi connectivity index (χ2n) is 4.01. The number of nitrogens with two attached hydrogens (primary N) is 1. The molecule has 15 heavy (non-hydrogen) atoms. The smallest absolute Gasteiger partial charge is 0.209 e. The first kappa shape index (κ1) is 12.9. The number of nitrogens with one attached hydrogen (secondary N) is 1. The van der Waals surface area contributed by atoms with Crippen LogP contribution in [-0.2, 0) is 14.8 Å². The van der Waals surface area contributed by atoms with Crippen molar-refractivity contribution in [3.05, 3.63) is 0 Å². The lowest BCUT2D eigenvalue weighted by Crippen LogP contribution is -2.30. The molecule has 3 N–H and O–H groups in total. The summed E-state index contributed by atoms with van der Waals surface area (Å²) in [5, 5.41) is 8.11. The maximum Gasteiger partial charge on any atom is 0.209 e. The number of ether oxygens (including phenoxy) is 1. The van der Waals surface area contributed by atoms with Gasteiger partial charge in [0.05, 0.1) is 12.4 Å². The van der Waals surface area contributed by atoms with Gasteiger partial charge in [-0.15, -0.1) is 0 Å². The summed E-state index contributed by atoms with van der Waals surface area (Å²) in [6, 6.07) is 0. The number of hydrogen-bond donors (Lipinski definition) is 2. The number of primary sulfonamides is 1. The number of rotatable bonds is 6. The van der Waals surface area contributed by atoms with Gasteiger partial charge in [0.15, 0.2) is 0 Å². The highest BCUT2D eigenvalue weighted by Crippen LogP contribution is 2.11. The quantitative estimate of drug-likeness (QED) is 0.619. The van der Waals surface area contributed by atoms with Crippen molar-refractivity contribution in [3.8, 4) is 0 Å². The Morgan fingerprint density at radius 2 is 2.27 bits per heavy atom. The zero-order chi connectivity index (χ0) is 11.1. The predicted molar refractivity (Wildman–Crippen MR) is 59.0 cm³/mol. The van der Waals surface area contributed by atoms with Crippen molar-refractivity contribution in [2.24, 2.45) is 11.1 Å². The minimum atomic E-state index is -3.29. The maximum absolute atomic E-state index is 10.6. The molecule has 1 fully saturated rings. The molecule has 0 bridgehead atoms. The Balaban J connectivity index is 1.96. The van der Waals surface area contributed by atoms with Gasteiger partial charge in [-0.25, -0.2) is 13.6 Å². The molecule has 0 aromatic carbocycles.